The molecule has 1 atom stereocenters. The Morgan fingerprint density at radius 3 is 2.92 bits per heavy atom. The monoisotopic (exact) mass is 345 g/mol. The maximum absolute atomic E-state index is 12.2. The van der Waals surface area contributed by atoms with Crippen molar-refractivity contribution >= 4 is 28.6 Å². The zero-order valence-electron chi connectivity index (χ0n) is 12.9. The molecule has 0 saturated carbocycles. The highest BCUT2D eigenvalue weighted by Crippen LogP contribution is 2.39. The van der Waals surface area contributed by atoms with E-state index in [0.717, 1.165) is 10.6 Å². The molecule has 1 aromatic carbocycles. The lowest BCUT2D eigenvalue weighted by atomic mass is 9.99. The van der Waals surface area contributed by atoms with Gasteiger partial charge >= 0.3 is 0 Å². The van der Waals surface area contributed by atoms with Gasteiger partial charge in [0.05, 0.1) is 21.6 Å². The topological polar surface area (TPSA) is 96.0 Å². The number of carbonyl (C=O) groups is 1. The molecule has 1 aromatic heterocycles. The molecule has 3 rings (SSSR count). The fourth-order valence-corrected chi connectivity index (χ4v) is 3.38. The second-order valence-corrected chi connectivity index (χ2v) is 6.28. The van der Waals surface area contributed by atoms with Crippen LogP contribution >= 0.6 is 11.3 Å². The quantitative estimate of drug-likeness (QED) is 0.678. The van der Waals surface area contributed by atoms with Crippen molar-refractivity contribution in [3.05, 3.63) is 56.3 Å². The summed E-state index contributed by atoms with van der Waals surface area (Å²) >= 11 is 1.51. The van der Waals surface area contributed by atoms with E-state index in [4.69, 9.17) is 0 Å². The second-order valence-electron chi connectivity index (χ2n) is 5.34. The van der Waals surface area contributed by atoms with Gasteiger partial charge < -0.3 is 5.11 Å². The number of aromatic hydroxyl groups is 1. The molecule has 1 aliphatic heterocycles. The van der Waals surface area contributed by atoms with Crippen LogP contribution in [0.5, 0.6) is 5.75 Å². The van der Waals surface area contributed by atoms with Gasteiger partial charge in [0.25, 0.3) is 5.69 Å². The zero-order valence-corrected chi connectivity index (χ0v) is 13.7. The van der Waals surface area contributed by atoms with E-state index in [-0.39, 0.29) is 23.8 Å². The molecule has 0 unspecified atom stereocenters. The number of phenolic OH excluding ortho intramolecular Hbond substituents is 1. The third-order valence-corrected chi connectivity index (χ3v) is 4.77. The fraction of sp³-hybridized carbons (Fsp3) is 0.250. The van der Waals surface area contributed by atoms with Crippen LogP contribution < -0.4 is 0 Å². The Kier molecular flexibility index (Phi) is 4.30. The summed E-state index contributed by atoms with van der Waals surface area (Å²) in [5.74, 6) is -0.278. The molecule has 8 heteroatoms. The summed E-state index contributed by atoms with van der Waals surface area (Å²) in [5, 5.41) is 28.8. The number of benzene rings is 1. The number of hydrogen-bond acceptors (Lipinski definition) is 6. The van der Waals surface area contributed by atoms with E-state index in [1.54, 1.807) is 6.92 Å². The molecule has 0 aliphatic carbocycles. The molecular weight excluding hydrogens is 330 g/mol. The Balaban J connectivity index is 2.02. The van der Waals surface area contributed by atoms with Crippen LogP contribution in [0.15, 0.2) is 40.8 Å². The molecule has 0 radical (unpaired) electrons. The number of carbonyl (C=O) groups excluding carboxylic acids is 1. The summed E-state index contributed by atoms with van der Waals surface area (Å²) in [6, 6.07) is 7.09. The fourth-order valence-electron chi connectivity index (χ4n) is 2.66. The van der Waals surface area contributed by atoms with Crippen molar-refractivity contribution in [3.8, 4) is 5.75 Å². The number of non-ortho nitro benzene ring substituents is 1. The van der Waals surface area contributed by atoms with E-state index in [2.05, 4.69) is 5.10 Å². The van der Waals surface area contributed by atoms with Gasteiger partial charge in [0.2, 0.25) is 5.91 Å². The van der Waals surface area contributed by atoms with E-state index < -0.39 is 11.0 Å². The van der Waals surface area contributed by atoms with E-state index in [0.29, 0.717) is 12.0 Å². The summed E-state index contributed by atoms with van der Waals surface area (Å²) in [6.07, 6.45) is 0.661. The number of nitro benzene ring substituents is 1. The van der Waals surface area contributed by atoms with Gasteiger partial charge in [-0.3, -0.25) is 14.9 Å². The molecule has 0 saturated heterocycles. The minimum absolute atomic E-state index is 0.0814. The van der Waals surface area contributed by atoms with Gasteiger partial charge in [-0.2, -0.15) is 5.10 Å². The van der Waals surface area contributed by atoms with Crippen molar-refractivity contribution in [1.82, 2.24) is 5.01 Å². The smallest absolute Gasteiger partial charge is 0.270 e. The normalized spacial score (nSPS) is 17.0. The zero-order chi connectivity index (χ0) is 17.3. The molecule has 2 heterocycles. The first-order valence-corrected chi connectivity index (χ1v) is 8.30. The number of phenols is 1. The number of hydrogen-bond donors (Lipinski definition) is 1. The summed E-state index contributed by atoms with van der Waals surface area (Å²) in [4.78, 5) is 23.7. The van der Waals surface area contributed by atoms with Crippen LogP contribution in [0.2, 0.25) is 0 Å². The minimum Gasteiger partial charge on any atom is -0.508 e. The van der Waals surface area contributed by atoms with Crippen molar-refractivity contribution in [2.75, 3.05) is 0 Å². The van der Waals surface area contributed by atoms with Crippen molar-refractivity contribution in [1.29, 1.82) is 0 Å². The standard InChI is InChI=1S/C16H15N3O4S/c1-2-16(21)18-13(9-12(17-18)15-4-3-7-24-15)11-8-10(19(22)23)5-6-14(11)20/h3-8,13,20H,2,9H2,1H3/t13-/m1/s1. The number of rotatable bonds is 4. The van der Waals surface area contributed by atoms with Crippen LogP contribution in [0.25, 0.3) is 0 Å². The minimum atomic E-state index is -0.547. The van der Waals surface area contributed by atoms with Crippen LogP contribution in [-0.2, 0) is 4.79 Å². The number of hydrazone groups is 1. The molecule has 1 amide bonds. The lowest BCUT2D eigenvalue weighted by Gasteiger charge is -2.22. The van der Waals surface area contributed by atoms with Crippen LogP contribution in [-0.4, -0.2) is 26.7 Å². The molecule has 0 fully saturated rings. The van der Waals surface area contributed by atoms with Crippen LogP contribution in [0.1, 0.15) is 36.2 Å². The highest BCUT2D eigenvalue weighted by molar-refractivity contribution is 7.12. The van der Waals surface area contributed by atoms with Gasteiger partial charge in [-0.1, -0.05) is 13.0 Å². The molecule has 1 aliphatic rings. The SMILES string of the molecule is CCC(=O)N1N=C(c2cccs2)C[C@@H]1c1cc([N+](=O)[O-])ccc1O. The maximum Gasteiger partial charge on any atom is 0.270 e. The van der Waals surface area contributed by atoms with E-state index in [1.807, 2.05) is 17.5 Å². The van der Waals surface area contributed by atoms with Crippen LogP contribution in [0.4, 0.5) is 5.69 Å². The maximum atomic E-state index is 12.2. The van der Waals surface area contributed by atoms with Crippen molar-refractivity contribution in [2.45, 2.75) is 25.8 Å². The molecule has 0 spiro atoms. The third-order valence-electron chi connectivity index (χ3n) is 3.85. The summed E-state index contributed by atoms with van der Waals surface area (Å²) in [5.41, 5.74) is 0.945. The van der Waals surface area contributed by atoms with Crippen LogP contribution in [0, 0.1) is 10.1 Å². The predicted molar refractivity (Wildman–Crippen MR) is 90.1 cm³/mol. The molecule has 7 nitrogen and oxygen atoms in total. The van der Waals surface area contributed by atoms with Gasteiger partial charge in [-0.15, -0.1) is 11.3 Å². The Hall–Kier alpha value is -2.74. The van der Waals surface area contributed by atoms with E-state index in [9.17, 15) is 20.0 Å². The predicted octanol–water partition coefficient (Wildman–Crippen LogP) is 3.45. The van der Waals surface area contributed by atoms with Gasteiger partial charge in [0, 0.05) is 30.5 Å². The molecule has 24 heavy (non-hydrogen) atoms. The summed E-state index contributed by atoms with van der Waals surface area (Å²) < 4.78 is 0. The first-order chi connectivity index (χ1) is 11.5. The average Bonchev–Trinajstić information content (AvgIpc) is 3.23. The number of nitrogens with zero attached hydrogens (tertiary/aromatic N) is 3. The number of nitro groups is 1. The summed E-state index contributed by atoms with van der Waals surface area (Å²) in [6.45, 7) is 1.73. The molecule has 2 aromatic rings. The lowest BCUT2D eigenvalue weighted by Crippen LogP contribution is -2.26. The van der Waals surface area contributed by atoms with E-state index in [1.165, 1.54) is 34.5 Å². The van der Waals surface area contributed by atoms with Crippen molar-refractivity contribution < 1.29 is 14.8 Å². The molecule has 124 valence electrons. The first kappa shape index (κ1) is 16.1. The first-order valence-electron chi connectivity index (χ1n) is 7.42. The highest BCUT2D eigenvalue weighted by Gasteiger charge is 2.35. The van der Waals surface area contributed by atoms with Gasteiger partial charge in [0.1, 0.15) is 5.75 Å². The third kappa shape index (κ3) is 2.88. The second kappa shape index (κ2) is 6.40. The highest BCUT2D eigenvalue weighted by atomic mass is 32.1. The Bertz CT molecular complexity index is 817. The Labute approximate surface area is 142 Å². The lowest BCUT2D eigenvalue weighted by molar-refractivity contribution is -0.385. The van der Waals surface area contributed by atoms with E-state index >= 15 is 0 Å². The Morgan fingerprint density at radius 2 is 2.29 bits per heavy atom. The van der Waals surface area contributed by atoms with Gasteiger partial charge in [-0.05, 0) is 17.5 Å². The summed E-state index contributed by atoms with van der Waals surface area (Å²) in [7, 11) is 0. The van der Waals surface area contributed by atoms with Gasteiger partial charge in [-0.25, -0.2) is 5.01 Å². The van der Waals surface area contributed by atoms with Crippen molar-refractivity contribution in [3.63, 3.8) is 0 Å². The molecule has 0 bridgehead atoms. The molecule has 1 N–H and O–H groups in total. The van der Waals surface area contributed by atoms with Crippen molar-refractivity contribution in [2.24, 2.45) is 5.10 Å². The molecular formula is C16H15N3O4S. The van der Waals surface area contributed by atoms with Crippen LogP contribution in [0.3, 0.4) is 0 Å². The Morgan fingerprint density at radius 1 is 1.50 bits per heavy atom. The van der Waals surface area contributed by atoms with Gasteiger partial charge in [0.15, 0.2) is 0 Å². The number of thiophene rings is 1. The largest absolute Gasteiger partial charge is 0.508 e. The number of amides is 1. The average molecular weight is 345 g/mol.